The van der Waals surface area contributed by atoms with Crippen molar-refractivity contribution < 1.29 is 5.11 Å². The van der Waals surface area contributed by atoms with Gasteiger partial charge < -0.3 is 10.8 Å². The first kappa shape index (κ1) is 15.9. The third kappa shape index (κ3) is 13.9. The van der Waals surface area contributed by atoms with Crippen LogP contribution in [-0.2, 0) is 0 Å². The summed E-state index contributed by atoms with van der Waals surface area (Å²) >= 11 is 0. The number of hydrogen-bond acceptors (Lipinski definition) is 2. The van der Waals surface area contributed by atoms with Gasteiger partial charge in [-0.15, -0.1) is 0 Å². The molecule has 1 unspecified atom stereocenters. The van der Waals surface area contributed by atoms with Crippen LogP contribution in [0.15, 0.2) is 0 Å². The van der Waals surface area contributed by atoms with E-state index in [2.05, 4.69) is 0 Å². The van der Waals surface area contributed by atoms with E-state index in [1.165, 1.54) is 64.2 Å². The Bertz CT molecular complexity index is 126. The van der Waals surface area contributed by atoms with Gasteiger partial charge in [-0.1, -0.05) is 57.8 Å². The highest BCUT2D eigenvalue weighted by molar-refractivity contribution is 4.50. The van der Waals surface area contributed by atoms with Crippen molar-refractivity contribution >= 4 is 0 Å². The van der Waals surface area contributed by atoms with Crippen molar-refractivity contribution in [2.75, 3.05) is 6.54 Å². The highest BCUT2D eigenvalue weighted by Crippen LogP contribution is 2.11. The summed E-state index contributed by atoms with van der Waals surface area (Å²) in [5.41, 5.74) is 5.44. The lowest BCUT2D eigenvalue weighted by atomic mass is 10.0. The second-order valence-corrected chi connectivity index (χ2v) is 4.96. The first-order valence-electron chi connectivity index (χ1n) is 7.15. The van der Waals surface area contributed by atoms with Crippen molar-refractivity contribution in [1.29, 1.82) is 0 Å². The minimum atomic E-state index is -0.109. The van der Waals surface area contributed by atoms with Gasteiger partial charge in [0.2, 0.25) is 0 Å². The van der Waals surface area contributed by atoms with Gasteiger partial charge in [0.05, 0.1) is 6.10 Å². The first-order chi connectivity index (χ1) is 7.77. The predicted octanol–water partition coefficient (Wildman–Crippen LogP) is 3.62. The van der Waals surface area contributed by atoms with Gasteiger partial charge in [0.25, 0.3) is 0 Å². The first-order valence-corrected chi connectivity index (χ1v) is 7.15. The Labute approximate surface area is 102 Å². The van der Waals surface area contributed by atoms with E-state index in [4.69, 9.17) is 10.8 Å². The van der Waals surface area contributed by atoms with E-state index in [0.29, 0.717) is 0 Å². The minimum absolute atomic E-state index is 0.109. The molecule has 0 saturated heterocycles. The van der Waals surface area contributed by atoms with Gasteiger partial charge in [0.15, 0.2) is 0 Å². The van der Waals surface area contributed by atoms with Crippen LogP contribution in [0, 0.1) is 0 Å². The van der Waals surface area contributed by atoms with Crippen molar-refractivity contribution in [2.45, 2.75) is 83.7 Å². The monoisotopic (exact) mass is 229 g/mol. The van der Waals surface area contributed by atoms with E-state index in [0.717, 1.165) is 13.0 Å². The van der Waals surface area contributed by atoms with Crippen LogP contribution >= 0.6 is 0 Å². The second-order valence-electron chi connectivity index (χ2n) is 4.96. The minimum Gasteiger partial charge on any atom is -0.393 e. The van der Waals surface area contributed by atoms with Crippen molar-refractivity contribution in [1.82, 2.24) is 0 Å². The molecule has 98 valence electrons. The number of hydrogen-bond donors (Lipinski definition) is 2. The zero-order valence-corrected chi connectivity index (χ0v) is 11.1. The summed E-state index contributed by atoms with van der Waals surface area (Å²) in [4.78, 5) is 0. The van der Waals surface area contributed by atoms with Gasteiger partial charge >= 0.3 is 0 Å². The van der Waals surface area contributed by atoms with Gasteiger partial charge in [-0.05, 0) is 26.3 Å². The lowest BCUT2D eigenvalue weighted by Gasteiger charge is -2.04. The highest BCUT2D eigenvalue weighted by atomic mass is 16.3. The molecule has 2 nitrogen and oxygen atoms in total. The third-order valence-corrected chi connectivity index (χ3v) is 3.08. The third-order valence-electron chi connectivity index (χ3n) is 3.08. The molecule has 0 spiro atoms. The molecular weight excluding hydrogens is 198 g/mol. The lowest BCUT2D eigenvalue weighted by Crippen LogP contribution is -1.98. The fraction of sp³-hybridized carbons (Fsp3) is 1.00. The normalized spacial score (nSPS) is 12.9. The van der Waals surface area contributed by atoms with Crippen LogP contribution in [0.1, 0.15) is 77.6 Å². The van der Waals surface area contributed by atoms with Crippen molar-refractivity contribution in [3.8, 4) is 0 Å². The van der Waals surface area contributed by atoms with Gasteiger partial charge in [0, 0.05) is 0 Å². The van der Waals surface area contributed by atoms with Crippen LogP contribution in [-0.4, -0.2) is 17.8 Å². The molecule has 16 heavy (non-hydrogen) atoms. The van der Waals surface area contributed by atoms with Crippen molar-refractivity contribution in [2.24, 2.45) is 5.73 Å². The van der Waals surface area contributed by atoms with Crippen molar-refractivity contribution in [3.63, 3.8) is 0 Å². The number of rotatable bonds is 12. The molecular formula is C14H31NO. The zero-order valence-electron chi connectivity index (χ0n) is 11.1. The molecule has 0 heterocycles. The maximum absolute atomic E-state index is 9.09. The molecule has 0 radical (unpaired) electrons. The number of unbranched alkanes of at least 4 members (excludes halogenated alkanes) is 9. The molecule has 1 atom stereocenters. The zero-order chi connectivity index (χ0) is 12.1. The maximum Gasteiger partial charge on any atom is 0.0512 e. The SMILES string of the molecule is CC(O)CCCCCCCCCCCCN. The summed E-state index contributed by atoms with van der Waals surface area (Å²) < 4.78 is 0. The van der Waals surface area contributed by atoms with Crippen LogP contribution in [0.25, 0.3) is 0 Å². The molecule has 0 aromatic rings. The molecule has 0 rings (SSSR count). The summed E-state index contributed by atoms with van der Waals surface area (Å²) in [5, 5.41) is 9.09. The summed E-state index contributed by atoms with van der Waals surface area (Å²) in [6.07, 6.45) is 14.1. The number of nitrogens with two attached hydrogens (primary N) is 1. The summed E-state index contributed by atoms with van der Waals surface area (Å²) in [5.74, 6) is 0. The molecule has 3 N–H and O–H groups in total. The summed E-state index contributed by atoms with van der Waals surface area (Å²) in [6.45, 7) is 2.73. The Morgan fingerprint density at radius 2 is 1.12 bits per heavy atom. The smallest absolute Gasteiger partial charge is 0.0512 e. The molecule has 0 aromatic heterocycles. The van der Waals surface area contributed by atoms with Gasteiger partial charge in [0.1, 0.15) is 0 Å². The molecule has 2 heteroatoms. The fourth-order valence-electron chi connectivity index (χ4n) is 2.00. The molecule has 0 aromatic carbocycles. The Morgan fingerprint density at radius 1 is 0.750 bits per heavy atom. The molecule has 0 saturated carbocycles. The van der Waals surface area contributed by atoms with E-state index < -0.39 is 0 Å². The Hall–Kier alpha value is -0.0800. The second kappa shape index (κ2) is 13.0. The Kier molecular flexibility index (Phi) is 12.9. The van der Waals surface area contributed by atoms with Crippen LogP contribution in [0.5, 0.6) is 0 Å². The van der Waals surface area contributed by atoms with E-state index in [1.807, 2.05) is 6.92 Å². The van der Waals surface area contributed by atoms with Crippen molar-refractivity contribution in [3.05, 3.63) is 0 Å². The number of aliphatic hydroxyl groups is 1. The van der Waals surface area contributed by atoms with Gasteiger partial charge in [-0.25, -0.2) is 0 Å². The van der Waals surface area contributed by atoms with Crippen LogP contribution in [0.3, 0.4) is 0 Å². The average molecular weight is 229 g/mol. The number of aliphatic hydroxyl groups excluding tert-OH is 1. The van der Waals surface area contributed by atoms with Gasteiger partial charge in [-0.3, -0.25) is 0 Å². The fourth-order valence-corrected chi connectivity index (χ4v) is 2.00. The standard InChI is InChI=1S/C14H31NO/c1-14(16)12-10-8-6-4-2-3-5-7-9-11-13-15/h14,16H,2-13,15H2,1H3. The maximum atomic E-state index is 9.09. The summed E-state index contributed by atoms with van der Waals surface area (Å²) in [6, 6.07) is 0. The Balaban J connectivity index is 2.88. The van der Waals surface area contributed by atoms with E-state index in [1.54, 1.807) is 0 Å². The lowest BCUT2D eigenvalue weighted by molar-refractivity contribution is 0.180. The van der Waals surface area contributed by atoms with Crippen LogP contribution in [0.4, 0.5) is 0 Å². The molecule has 0 aliphatic heterocycles. The van der Waals surface area contributed by atoms with E-state index >= 15 is 0 Å². The molecule has 0 fully saturated rings. The van der Waals surface area contributed by atoms with E-state index in [-0.39, 0.29) is 6.10 Å². The predicted molar refractivity (Wildman–Crippen MR) is 71.5 cm³/mol. The largest absolute Gasteiger partial charge is 0.393 e. The molecule has 0 bridgehead atoms. The highest BCUT2D eigenvalue weighted by Gasteiger charge is 1.95. The molecule has 0 aliphatic carbocycles. The molecule has 0 aliphatic rings. The average Bonchev–Trinajstić information content (AvgIpc) is 2.25. The topological polar surface area (TPSA) is 46.2 Å². The van der Waals surface area contributed by atoms with Crippen LogP contribution < -0.4 is 5.73 Å². The van der Waals surface area contributed by atoms with Gasteiger partial charge in [-0.2, -0.15) is 0 Å². The Morgan fingerprint density at radius 3 is 1.50 bits per heavy atom. The molecule has 0 amide bonds. The van der Waals surface area contributed by atoms with E-state index in [9.17, 15) is 0 Å². The quantitative estimate of drug-likeness (QED) is 0.502. The summed E-state index contributed by atoms with van der Waals surface area (Å²) in [7, 11) is 0. The van der Waals surface area contributed by atoms with Crippen LogP contribution in [0.2, 0.25) is 0 Å².